The summed E-state index contributed by atoms with van der Waals surface area (Å²) in [5.41, 5.74) is 1.07. The molecule has 0 saturated heterocycles. The second-order valence-electron chi connectivity index (χ2n) is 4.28. The summed E-state index contributed by atoms with van der Waals surface area (Å²) in [6.45, 7) is 0.781. The number of halogens is 2. The van der Waals surface area contributed by atoms with Gasteiger partial charge in [-0.25, -0.2) is 13.6 Å². The molecular weight excluding hydrogens is 268 g/mol. The Bertz CT molecular complexity index is 590. The zero-order valence-corrected chi connectivity index (χ0v) is 10.5. The highest BCUT2D eigenvalue weighted by molar-refractivity contribution is 5.86. The molecule has 0 fully saturated rings. The van der Waals surface area contributed by atoms with Gasteiger partial charge in [-0.1, -0.05) is 0 Å². The monoisotopic (exact) mass is 281 g/mol. The Balaban J connectivity index is 1.84. The van der Waals surface area contributed by atoms with Crippen LogP contribution in [0.2, 0.25) is 0 Å². The van der Waals surface area contributed by atoms with Gasteiger partial charge in [0, 0.05) is 18.2 Å². The lowest BCUT2D eigenvalue weighted by molar-refractivity contribution is 0.0660. The van der Waals surface area contributed by atoms with Crippen LogP contribution in [0.3, 0.4) is 0 Å². The summed E-state index contributed by atoms with van der Waals surface area (Å²) >= 11 is 0. The van der Waals surface area contributed by atoms with Gasteiger partial charge in [-0.3, -0.25) is 0 Å². The lowest BCUT2D eigenvalue weighted by Crippen LogP contribution is -2.18. The maximum Gasteiger partial charge on any atom is 0.372 e. The van der Waals surface area contributed by atoms with Crippen molar-refractivity contribution in [1.29, 1.82) is 0 Å². The van der Waals surface area contributed by atoms with Gasteiger partial charge in [0.1, 0.15) is 11.6 Å². The first-order valence-corrected chi connectivity index (χ1v) is 6.01. The van der Waals surface area contributed by atoms with Crippen LogP contribution in [0.25, 0.3) is 0 Å². The summed E-state index contributed by atoms with van der Waals surface area (Å²) in [5, 5.41) is 11.8. The minimum Gasteiger partial charge on any atom is -0.475 e. The van der Waals surface area contributed by atoms with Crippen molar-refractivity contribution in [3.63, 3.8) is 0 Å². The zero-order chi connectivity index (χ0) is 14.5. The first-order chi connectivity index (χ1) is 9.56. The summed E-state index contributed by atoms with van der Waals surface area (Å²) in [6.07, 6.45) is 1.75. The van der Waals surface area contributed by atoms with Crippen LogP contribution in [-0.2, 0) is 13.0 Å². The molecule has 0 radical (unpaired) electrons. The van der Waals surface area contributed by atoms with Crippen LogP contribution in [0.1, 0.15) is 21.7 Å². The fourth-order valence-corrected chi connectivity index (χ4v) is 1.87. The molecule has 0 spiro atoms. The first kappa shape index (κ1) is 14.2. The van der Waals surface area contributed by atoms with Crippen LogP contribution < -0.4 is 5.32 Å². The molecule has 0 saturated carbocycles. The minimum atomic E-state index is -1.13. The number of furan rings is 1. The maximum atomic E-state index is 13.0. The van der Waals surface area contributed by atoms with E-state index < -0.39 is 17.6 Å². The minimum absolute atomic E-state index is 0.102. The quantitative estimate of drug-likeness (QED) is 0.799. The second-order valence-corrected chi connectivity index (χ2v) is 4.28. The van der Waals surface area contributed by atoms with Gasteiger partial charge in [-0.15, -0.1) is 0 Å². The highest BCUT2D eigenvalue weighted by Gasteiger charge is 2.12. The number of carboxylic acids is 1. The van der Waals surface area contributed by atoms with Crippen molar-refractivity contribution in [2.45, 2.75) is 13.0 Å². The van der Waals surface area contributed by atoms with Crippen molar-refractivity contribution in [3.8, 4) is 0 Å². The van der Waals surface area contributed by atoms with E-state index in [-0.39, 0.29) is 5.76 Å². The number of hydrogen-bond donors (Lipinski definition) is 2. The van der Waals surface area contributed by atoms with Crippen molar-refractivity contribution in [3.05, 3.63) is 59.1 Å². The van der Waals surface area contributed by atoms with Crippen LogP contribution in [-0.4, -0.2) is 17.6 Å². The van der Waals surface area contributed by atoms with Crippen LogP contribution in [0.4, 0.5) is 8.78 Å². The van der Waals surface area contributed by atoms with E-state index in [1.54, 1.807) is 6.07 Å². The molecule has 106 valence electrons. The van der Waals surface area contributed by atoms with Gasteiger partial charge in [-0.05, 0) is 36.7 Å². The van der Waals surface area contributed by atoms with Crippen LogP contribution in [0.5, 0.6) is 0 Å². The third-order valence-electron chi connectivity index (χ3n) is 2.77. The van der Waals surface area contributed by atoms with Gasteiger partial charge in [0.15, 0.2) is 0 Å². The molecule has 0 bridgehead atoms. The predicted octanol–water partition coefficient (Wildman–Crippen LogP) is 2.59. The van der Waals surface area contributed by atoms with Crippen molar-refractivity contribution in [1.82, 2.24) is 5.32 Å². The van der Waals surface area contributed by atoms with E-state index in [4.69, 9.17) is 9.52 Å². The van der Waals surface area contributed by atoms with Gasteiger partial charge in [0.2, 0.25) is 5.76 Å². The predicted molar refractivity (Wildman–Crippen MR) is 67.4 cm³/mol. The normalized spacial score (nSPS) is 10.7. The molecule has 0 amide bonds. The number of aromatic carboxylic acids is 1. The molecule has 2 aromatic rings. The van der Waals surface area contributed by atoms with E-state index in [1.807, 2.05) is 0 Å². The fourth-order valence-electron chi connectivity index (χ4n) is 1.87. The SMILES string of the molecule is O=C(O)c1occc1CNCCc1cc(F)cc(F)c1. The summed E-state index contributed by atoms with van der Waals surface area (Å²) in [7, 11) is 0. The third-order valence-corrected chi connectivity index (χ3v) is 2.77. The lowest BCUT2D eigenvalue weighted by atomic mass is 10.1. The number of carboxylic acid groups (broad SMARTS) is 1. The van der Waals surface area contributed by atoms with Crippen LogP contribution >= 0.6 is 0 Å². The Hall–Kier alpha value is -2.21. The fraction of sp³-hybridized carbons (Fsp3) is 0.214. The number of hydrogen-bond acceptors (Lipinski definition) is 3. The average Bonchev–Trinajstić information content (AvgIpc) is 2.82. The molecule has 1 heterocycles. The van der Waals surface area contributed by atoms with Crippen molar-refractivity contribution in [2.75, 3.05) is 6.54 Å². The van der Waals surface area contributed by atoms with Gasteiger partial charge in [0.25, 0.3) is 0 Å². The summed E-state index contributed by atoms with van der Waals surface area (Å²) < 4.78 is 30.8. The highest BCUT2D eigenvalue weighted by Crippen LogP contribution is 2.11. The Kier molecular flexibility index (Phi) is 4.47. The van der Waals surface area contributed by atoms with Crippen molar-refractivity contribution >= 4 is 5.97 Å². The van der Waals surface area contributed by atoms with Gasteiger partial charge < -0.3 is 14.8 Å². The molecule has 20 heavy (non-hydrogen) atoms. The Morgan fingerprint density at radius 3 is 2.60 bits per heavy atom. The molecule has 0 aliphatic heterocycles. The van der Waals surface area contributed by atoms with Gasteiger partial charge in [0.05, 0.1) is 6.26 Å². The summed E-state index contributed by atoms with van der Waals surface area (Å²) in [6, 6.07) is 4.93. The topological polar surface area (TPSA) is 62.5 Å². The first-order valence-electron chi connectivity index (χ1n) is 6.01. The third kappa shape index (κ3) is 3.64. The molecule has 1 aromatic heterocycles. The number of benzene rings is 1. The van der Waals surface area contributed by atoms with E-state index in [9.17, 15) is 13.6 Å². The van der Waals surface area contributed by atoms with Crippen LogP contribution in [0, 0.1) is 11.6 Å². The van der Waals surface area contributed by atoms with Crippen molar-refractivity contribution < 1.29 is 23.1 Å². The molecule has 2 N–H and O–H groups in total. The van der Waals surface area contributed by atoms with E-state index in [2.05, 4.69) is 5.32 Å². The molecule has 0 atom stereocenters. The molecule has 6 heteroatoms. The van der Waals surface area contributed by atoms with Crippen LogP contribution in [0.15, 0.2) is 34.9 Å². The average molecular weight is 281 g/mol. The lowest BCUT2D eigenvalue weighted by Gasteiger charge is -2.05. The standard InChI is InChI=1S/C14H13F2NO3/c15-11-5-9(6-12(16)7-11)1-3-17-8-10-2-4-20-13(10)14(18)19/h2,4-7,17H,1,3,8H2,(H,18,19). The Morgan fingerprint density at radius 1 is 1.25 bits per heavy atom. The van der Waals surface area contributed by atoms with E-state index >= 15 is 0 Å². The second kappa shape index (κ2) is 6.29. The van der Waals surface area contributed by atoms with E-state index in [0.717, 1.165) is 6.07 Å². The number of carbonyl (C=O) groups is 1. The number of rotatable bonds is 6. The van der Waals surface area contributed by atoms with E-state index in [1.165, 1.54) is 18.4 Å². The largest absolute Gasteiger partial charge is 0.475 e. The molecule has 0 unspecified atom stereocenters. The highest BCUT2D eigenvalue weighted by atomic mass is 19.1. The molecule has 2 rings (SSSR count). The zero-order valence-electron chi connectivity index (χ0n) is 10.5. The maximum absolute atomic E-state index is 13.0. The van der Waals surface area contributed by atoms with Crippen molar-refractivity contribution in [2.24, 2.45) is 0 Å². The summed E-state index contributed by atoms with van der Waals surface area (Å²) in [5.74, 6) is -2.45. The van der Waals surface area contributed by atoms with E-state index in [0.29, 0.717) is 30.6 Å². The molecule has 0 aliphatic carbocycles. The number of nitrogens with one attached hydrogen (secondary N) is 1. The Morgan fingerprint density at radius 2 is 1.95 bits per heavy atom. The molecule has 4 nitrogen and oxygen atoms in total. The Labute approximate surface area is 114 Å². The molecular formula is C14H13F2NO3. The smallest absolute Gasteiger partial charge is 0.372 e. The van der Waals surface area contributed by atoms with Gasteiger partial charge in [-0.2, -0.15) is 0 Å². The summed E-state index contributed by atoms with van der Waals surface area (Å²) in [4.78, 5) is 10.8. The van der Waals surface area contributed by atoms with Gasteiger partial charge >= 0.3 is 5.97 Å². The molecule has 1 aromatic carbocycles. The molecule has 0 aliphatic rings.